The predicted octanol–water partition coefficient (Wildman–Crippen LogP) is -0.558. The van der Waals surface area contributed by atoms with Gasteiger partial charge in [0.25, 0.3) is 0 Å². The van der Waals surface area contributed by atoms with Gasteiger partial charge in [0.1, 0.15) is 5.82 Å². The minimum absolute atomic E-state index is 0.552. The first kappa shape index (κ1) is 10.5. The molecule has 0 aliphatic rings. The third-order valence-electron chi connectivity index (χ3n) is 1.92. The van der Waals surface area contributed by atoms with E-state index >= 15 is 0 Å². The minimum atomic E-state index is 0.552. The van der Waals surface area contributed by atoms with Crippen molar-refractivity contribution in [3.8, 4) is 0 Å². The van der Waals surface area contributed by atoms with Crippen LogP contribution in [0.2, 0.25) is 0 Å². The molecule has 0 saturated carbocycles. The zero-order valence-corrected chi connectivity index (χ0v) is 8.49. The van der Waals surface area contributed by atoms with Gasteiger partial charge in [-0.15, -0.1) is 0 Å². The summed E-state index contributed by atoms with van der Waals surface area (Å²) in [5.74, 6) is 6.74. The van der Waals surface area contributed by atoms with E-state index < -0.39 is 0 Å². The molecule has 0 aromatic carbocycles. The number of rotatable bonds is 3. The van der Waals surface area contributed by atoms with Gasteiger partial charge in [0.2, 0.25) is 5.96 Å². The van der Waals surface area contributed by atoms with E-state index in [2.05, 4.69) is 32.2 Å². The SMILES string of the molecule is CCn1ccnc1CNC(=NC)NN. The van der Waals surface area contributed by atoms with Crippen LogP contribution in [0.15, 0.2) is 17.4 Å². The van der Waals surface area contributed by atoms with E-state index in [-0.39, 0.29) is 0 Å². The second-order valence-electron chi connectivity index (χ2n) is 2.70. The van der Waals surface area contributed by atoms with Crippen LogP contribution in [0.5, 0.6) is 0 Å². The maximum atomic E-state index is 5.22. The summed E-state index contributed by atoms with van der Waals surface area (Å²) in [6.07, 6.45) is 3.72. The maximum Gasteiger partial charge on any atom is 0.205 e. The molecule has 0 atom stereocenters. The lowest BCUT2D eigenvalue weighted by molar-refractivity contribution is 0.672. The van der Waals surface area contributed by atoms with E-state index in [1.165, 1.54) is 0 Å². The molecule has 0 saturated heterocycles. The Labute approximate surface area is 83.2 Å². The fourth-order valence-electron chi connectivity index (χ4n) is 1.15. The van der Waals surface area contributed by atoms with E-state index in [9.17, 15) is 0 Å². The highest BCUT2D eigenvalue weighted by Gasteiger charge is 2.01. The van der Waals surface area contributed by atoms with Crippen molar-refractivity contribution in [2.45, 2.75) is 20.0 Å². The number of guanidine groups is 1. The summed E-state index contributed by atoms with van der Waals surface area (Å²) >= 11 is 0. The molecule has 14 heavy (non-hydrogen) atoms. The average Bonchev–Trinajstić information content (AvgIpc) is 2.67. The molecule has 1 aromatic heterocycles. The summed E-state index contributed by atoms with van der Waals surface area (Å²) in [4.78, 5) is 8.10. The Morgan fingerprint density at radius 2 is 2.50 bits per heavy atom. The normalized spacial score (nSPS) is 11.5. The number of aliphatic imine (C=N–C) groups is 1. The van der Waals surface area contributed by atoms with Crippen molar-refractivity contribution in [1.82, 2.24) is 20.3 Å². The molecule has 1 rings (SSSR count). The molecule has 6 heteroatoms. The molecule has 1 aromatic rings. The summed E-state index contributed by atoms with van der Waals surface area (Å²) in [5.41, 5.74) is 2.45. The molecular formula is C8H16N6. The summed E-state index contributed by atoms with van der Waals surface area (Å²) < 4.78 is 2.05. The third-order valence-corrected chi connectivity index (χ3v) is 1.92. The highest BCUT2D eigenvalue weighted by molar-refractivity contribution is 5.78. The number of hydrogen-bond acceptors (Lipinski definition) is 3. The van der Waals surface area contributed by atoms with Crippen LogP contribution in [0, 0.1) is 0 Å². The summed E-state index contributed by atoms with van der Waals surface area (Å²) in [5, 5.41) is 3.03. The molecule has 78 valence electrons. The zero-order chi connectivity index (χ0) is 10.4. The fraction of sp³-hybridized carbons (Fsp3) is 0.500. The van der Waals surface area contributed by atoms with Crippen molar-refractivity contribution in [1.29, 1.82) is 0 Å². The van der Waals surface area contributed by atoms with E-state index in [1.54, 1.807) is 13.2 Å². The van der Waals surface area contributed by atoms with Gasteiger partial charge in [0, 0.05) is 26.0 Å². The highest BCUT2D eigenvalue weighted by Crippen LogP contribution is 1.95. The molecule has 4 N–H and O–H groups in total. The van der Waals surface area contributed by atoms with Crippen LogP contribution in [0.25, 0.3) is 0 Å². The molecule has 0 bridgehead atoms. The van der Waals surface area contributed by atoms with Gasteiger partial charge in [-0.1, -0.05) is 0 Å². The van der Waals surface area contributed by atoms with Gasteiger partial charge in [-0.25, -0.2) is 10.8 Å². The molecule has 0 aliphatic heterocycles. The van der Waals surface area contributed by atoms with Crippen molar-refractivity contribution in [3.05, 3.63) is 18.2 Å². The molecule has 1 heterocycles. The molecule has 0 fully saturated rings. The third kappa shape index (κ3) is 2.46. The summed E-state index contributed by atoms with van der Waals surface area (Å²) in [6, 6.07) is 0. The number of imidazole rings is 1. The molecular weight excluding hydrogens is 180 g/mol. The second kappa shape index (κ2) is 5.23. The van der Waals surface area contributed by atoms with E-state index in [0.29, 0.717) is 12.5 Å². The van der Waals surface area contributed by atoms with Crippen molar-refractivity contribution in [3.63, 3.8) is 0 Å². The Hall–Kier alpha value is -1.56. The lowest BCUT2D eigenvalue weighted by Gasteiger charge is -2.08. The molecule has 0 unspecified atom stereocenters. The van der Waals surface area contributed by atoms with Crippen LogP contribution in [0.4, 0.5) is 0 Å². The maximum absolute atomic E-state index is 5.22. The van der Waals surface area contributed by atoms with Crippen LogP contribution in [0.1, 0.15) is 12.7 Å². The lowest BCUT2D eigenvalue weighted by Crippen LogP contribution is -2.41. The Morgan fingerprint density at radius 3 is 3.07 bits per heavy atom. The first-order chi connectivity index (χ1) is 6.81. The van der Waals surface area contributed by atoms with Gasteiger partial charge >= 0.3 is 0 Å². The lowest BCUT2D eigenvalue weighted by atomic mass is 10.5. The second-order valence-corrected chi connectivity index (χ2v) is 2.70. The Morgan fingerprint density at radius 1 is 1.71 bits per heavy atom. The van der Waals surface area contributed by atoms with Crippen LogP contribution >= 0.6 is 0 Å². The van der Waals surface area contributed by atoms with Gasteiger partial charge in [-0.2, -0.15) is 0 Å². The molecule has 6 nitrogen and oxygen atoms in total. The largest absolute Gasteiger partial charge is 0.348 e. The van der Waals surface area contributed by atoms with Crippen molar-refractivity contribution >= 4 is 5.96 Å². The number of hydrazine groups is 1. The topological polar surface area (TPSA) is 80.3 Å². The molecule has 0 aliphatic carbocycles. The Kier molecular flexibility index (Phi) is 3.93. The Balaban J connectivity index is 2.53. The minimum Gasteiger partial charge on any atom is -0.348 e. The van der Waals surface area contributed by atoms with Crippen molar-refractivity contribution < 1.29 is 0 Å². The molecule has 0 radical (unpaired) electrons. The van der Waals surface area contributed by atoms with Gasteiger partial charge < -0.3 is 9.88 Å². The number of aryl methyl sites for hydroxylation is 1. The van der Waals surface area contributed by atoms with Gasteiger partial charge in [0.05, 0.1) is 6.54 Å². The standard InChI is InChI=1S/C8H16N6/c1-3-14-5-4-11-7(14)6-12-8(10-2)13-9/h4-5H,3,6,9H2,1-2H3,(H2,10,12,13). The number of nitrogens with one attached hydrogen (secondary N) is 2. The monoisotopic (exact) mass is 196 g/mol. The van der Waals surface area contributed by atoms with Gasteiger partial charge in [0.15, 0.2) is 0 Å². The smallest absolute Gasteiger partial charge is 0.205 e. The zero-order valence-electron chi connectivity index (χ0n) is 8.49. The van der Waals surface area contributed by atoms with Crippen LogP contribution < -0.4 is 16.6 Å². The first-order valence-corrected chi connectivity index (χ1v) is 4.49. The Bertz CT molecular complexity index is 303. The number of nitrogens with two attached hydrogens (primary N) is 1. The van der Waals surface area contributed by atoms with Crippen molar-refractivity contribution in [2.75, 3.05) is 7.05 Å². The van der Waals surface area contributed by atoms with Gasteiger partial charge in [-0.3, -0.25) is 10.4 Å². The van der Waals surface area contributed by atoms with Crippen LogP contribution in [0.3, 0.4) is 0 Å². The summed E-state index contributed by atoms with van der Waals surface area (Å²) in [7, 11) is 1.66. The number of aromatic nitrogens is 2. The van der Waals surface area contributed by atoms with E-state index in [0.717, 1.165) is 12.4 Å². The summed E-state index contributed by atoms with van der Waals surface area (Å²) in [6.45, 7) is 3.59. The van der Waals surface area contributed by atoms with E-state index in [4.69, 9.17) is 5.84 Å². The van der Waals surface area contributed by atoms with E-state index in [1.807, 2.05) is 6.20 Å². The van der Waals surface area contributed by atoms with Gasteiger partial charge in [-0.05, 0) is 6.92 Å². The number of hydrogen-bond donors (Lipinski definition) is 3. The molecule has 0 amide bonds. The highest BCUT2D eigenvalue weighted by atomic mass is 15.3. The van der Waals surface area contributed by atoms with Crippen molar-refractivity contribution in [2.24, 2.45) is 10.8 Å². The predicted molar refractivity (Wildman–Crippen MR) is 55.4 cm³/mol. The first-order valence-electron chi connectivity index (χ1n) is 4.49. The van der Waals surface area contributed by atoms with Crippen LogP contribution in [-0.4, -0.2) is 22.6 Å². The van der Waals surface area contributed by atoms with Crippen LogP contribution in [-0.2, 0) is 13.1 Å². The average molecular weight is 196 g/mol. The number of nitrogens with zero attached hydrogens (tertiary/aromatic N) is 3. The quantitative estimate of drug-likeness (QED) is 0.262. The molecule has 0 spiro atoms. The fourth-order valence-corrected chi connectivity index (χ4v) is 1.15.